The molecule has 146 valence electrons. The highest BCUT2D eigenvalue weighted by Gasteiger charge is 2.14. The normalized spacial score (nSPS) is 11.0. The molecule has 0 aliphatic rings. The highest BCUT2D eigenvalue weighted by Crippen LogP contribution is 2.11. The Morgan fingerprint density at radius 1 is 0.808 bits per heavy atom. The summed E-state index contributed by atoms with van der Waals surface area (Å²) in [5, 5.41) is 9.36. The zero-order chi connectivity index (χ0) is 19.6. The van der Waals surface area contributed by atoms with Crippen LogP contribution in [-0.2, 0) is 13.0 Å². The minimum absolute atomic E-state index is 0.253. The summed E-state index contributed by atoms with van der Waals surface area (Å²) in [6.45, 7) is 12.7. The monoisotopic (exact) mass is 357 g/mol. The predicted molar refractivity (Wildman–Crippen MR) is 115 cm³/mol. The Morgan fingerprint density at radius 3 is 1.65 bits per heavy atom. The van der Waals surface area contributed by atoms with Crippen molar-refractivity contribution in [2.24, 2.45) is 0 Å². The molecule has 0 saturated carbocycles. The van der Waals surface area contributed by atoms with Crippen LogP contribution in [0.3, 0.4) is 0 Å². The molecule has 2 aromatic rings. The molecule has 0 spiro atoms. The number of rotatable bonds is 8. The van der Waals surface area contributed by atoms with Gasteiger partial charge in [0.15, 0.2) is 0 Å². The van der Waals surface area contributed by atoms with Crippen LogP contribution in [0, 0.1) is 0 Å². The van der Waals surface area contributed by atoms with E-state index in [-0.39, 0.29) is 6.61 Å². The Morgan fingerprint density at radius 2 is 1.31 bits per heavy atom. The second-order valence-corrected chi connectivity index (χ2v) is 6.04. The van der Waals surface area contributed by atoms with Crippen LogP contribution in [-0.4, -0.2) is 29.2 Å². The van der Waals surface area contributed by atoms with Gasteiger partial charge in [-0.2, -0.15) is 0 Å². The minimum atomic E-state index is 0.253. The van der Waals surface area contributed by atoms with Crippen LogP contribution < -0.4 is 0 Å². The molecular formula is C24H39NO. The maximum absolute atomic E-state index is 9.36. The Bertz CT molecular complexity index is 508. The third-order valence-corrected chi connectivity index (χ3v) is 4.19. The molecule has 0 saturated heterocycles. The molecule has 1 unspecified atom stereocenters. The fraction of sp³-hybridized carbons (Fsp3) is 0.500. The zero-order valence-electron chi connectivity index (χ0n) is 17.5. The van der Waals surface area contributed by atoms with Gasteiger partial charge in [0, 0.05) is 12.6 Å². The fourth-order valence-corrected chi connectivity index (χ4v) is 2.71. The fourth-order valence-electron chi connectivity index (χ4n) is 2.71. The second kappa shape index (κ2) is 16.8. The highest BCUT2D eigenvalue weighted by molar-refractivity contribution is 5.15. The average Bonchev–Trinajstić information content (AvgIpc) is 2.72. The summed E-state index contributed by atoms with van der Waals surface area (Å²) >= 11 is 0. The van der Waals surface area contributed by atoms with Crippen molar-refractivity contribution in [2.45, 2.75) is 66.5 Å². The van der Waals surface area contributed by atoms with E-state index < -0.39 is 0 Å². The topological polar surface area (TPSA) is 23.5 Å². The molecule has 2 aromatic carbocycles. The molecule has 0 amide bonds. The number of hydrogen-bond donors (Lipinski definition) is 1. The summed E-state index contributed by atoms with van der Waals surface area (Å²) in [4.78, 5) is 2.37. The van der Waals surface area contributed by atoms with E-state index in [4.69, 9.17) is 0 Å². The highest BCUT2D eigenvalue weighted by atomic mass is 16.3. The van der Waals surface area contributed by atoms with Gasteiger partial charge >= 0.3 is 0 Å². The molecule has 2 heteroatoms. The lowest BCUT2D eigenvalue weighted by molar-refractivity contribution is 0.113. The van der Waals surface area contributed by atoms with Gasteiger partial charge in [0.2, 0.25) is 0 Å². The first-order valence-corrected chi connectivity index (χ1v) is 10.2. The van der Waals surface area contributed by atoms with Crippen LogP contribution in [0.2, 0.25) is 0 Å². The second-order valence-electron chi connectivity index (χ2n) is 6.04. The lowest BCUT2D eigenvalue weighted by atomic mass is 10.1. The number of aliphatic hydroxyl groups excluding tert-OH is 1. The molecule has 1 atom stereocenters. The molecule has 2 rings (SSSR count). The van der Waals surface area contributed by atoms with Gasteiger partial charge in [0.25, 0.3) is 0 Å². The SMILES string of the molecule is CC.CCCN(Cc1ccccc1)C(CC)CO.CCc1ccccc1. The summed E-state index contributed by atoms with van der Waals surface area (Å²) in [6.07, 6.45) is 3.27. The van der Waals surface area contributed by atoms with Crippen molar-refractivity contribution >= 4 is 0 Å². The molecule has 0 heterocycles. The summed E-state index contributed by atoms with van der Waals surface area (Å²) in [5.74, 6) is 0. The molecule has 0 aliphatic heterocycles. The zero-order valence-corrected chi connectivity index (χ0v) is 17.5. The Hall–Kier alpha value is -1.64. The van der Waals surface area contributed by atoms with E-state index in [1.165, 1.54) is 11.1 Å². The molecule has 2 nitrogen and oxygen atoms in total. The van der Waals surface area contributed by atoms with Crippen LogP contribution in [0.5, 0.6) is 0 Å². The van der Waals surface area contributed by atoms with Gasteiger partial charge in [-0.15, -0.1) is 0 Å². The molecular weight excluding hydrogens is 318 g/mol. The van der Waals surface area contributed by atoms with Gasteiger partial charge in [-0.3, -0.25) is 4.90 Å². The standard InChI is InChI=1S/C14H23NO.C8H10.C2H6/c1-3-10-15(14(4-2)12-16)11-13-8-6-5-7-9-13;1-2-8-6-4-3-5-7-8;1-2/h5-9,14,16H,3-4,10-12H2,1-2H3;3-7H,2H2,1H3;1-2H3. The van der Waals surface area contributed by atoms with Crippen molar-refractivity contribution in [3.05, 3.63) is 71.8 Å². The largest absolute Gasteiger partial charge is 0.395 e. The van der Waals surface area contributed by atoms with E-state index in [1.807, 2.05) is 26.0 Å². The van der Waals surface area contributed by atoms with Gasteiger partial charge in [0.1, 0.15) is 0 Å². The van der Waals surface area contributed by atoms with Gasteiger partial charge in [-0.25, -0.2) is 0 Å². The Labute approximate surface area is 161 Å². The molecule has 1 N–H and O–H groups in total. The maximum Gasteiger partial charge on any atom is 0.0586 e. The third kappa shape index (κ3) is 10.4. The van der Waals surface area contributed by atoms with Gasteiger partial charge in [0.05, 0.1) is 6.61 Å². The van der Waals surface area contributed by atoms with E-state index in [1.54, 1.807) is 0 Å². The maximum atomic E-state index is 9.36. The van der Waals surface area contributed by atoms with Crippen LogP contribution in [0.25, 0.3) is 0 Å². The molecule has 0 fully saturated rings. The Kier molecular flexibility index (Phi) is 15.7. The summed E-state index contributed by atoms with van der Waals surface area (Å²) in [5.41, 5.74) is 2.73. The van der Waals surface area contributed by atoms with Crippen molar-refractivity contribution in [3.63, 3.8) is 0 Å². The number of nitrogens with zero attached hydrogens (tertiary/aromatic N) is 1. The third-order valence-electron chi connectivity index (χ3n) is 4.19. The first kappa shape index (κ1) is 24.4. The summed E-state index contributed by atoms with van der Waals surface area (Å²) in [7, 11) is 0. The van der Waals surface area contributed by atoms with Gasteiger partial charge in [-0.1, -0.05) is 95.3 Å². The lowest BCUT2D eigenvalue weighted by Crippen LogP contribution is -2.37. The number of benzene rings is 2. The molecule has 0 radical (unpaired) electrons. The first-order valence-electron chi connectivity index (χ1n) is 10.2. The number of aryl methyl sites for hydroxylation is 1. The molecule has 0 aromatic heterocycles. The number of aliphatic hydroxyl groups is 1. The quantitative estimate of drug-likeness (QED) is 0.631. The van der Waals surface area contributed by atoms with Crippen LogP contribution in [0.1, 0.15) is 58.6 Å². The van der Waals surface area contributed by atoms with Crippen molar-refractivity contribution in [1.82, 2.24) is 4.90 Å². The average molecular weight is 358 g/mol. The van der Waals surface area contributed by atoms with Crippen LogP contribution in [0.4, 0.5) is 0 Å². The van der Waals surface area contributed by atoms with E-state index in [0.29, 0.717) is 6.04 Å². The summed E-state index contributed by atoms with van der Waals surface area (Å²) < 4.78 is 0. The van der Waals surface area contributed by atoms with Gasteiger partial charge < -0.3 is 5.11 Å². The van der Waals surface area contributed by atoms with Crippen molar-refractivity contribution in [3.8, 4) is 0 Å². The molecule has 26 heavy (non-hydrogen) atoms. The van der Waals surface area contributed by atoms with Crippen LogP contribution in [0.15, 0.2) is 60.7 Å². The molecule has 0 bridgehead atoms. The van der Waals surface area contributed by atoms with Crippen molar-refractivity contribution in [1.29, 1.82) is 0 Å². The lowest BCUT2D eigenvalue weighted by Gasteiger charge is -2.29. The number of hydrogen-bond acceptors (Lipinski definition) is 2. The van der Waals surface area contributed by atoms with Gasteiger partial charge in [-0.05, 0) is 36.9 Å². The van der Waals surface area contributed by atoms with E-state index >= 15 is 0 Å². The Balaban J connectivity index is 0.000000522. The predicted octanol–water partition coefficient (Wildman–Crippen LogP) is 5.94. The summed E-state index contributed by atoms with van der Waals surface area (Å²) in [6, 6.07) is 21.2. The molecule has 0 aliphatic carbocycles. The minimum Gasteiger partial charge on any atom is -0.395 e. The van der Waals surface area contributed by atoms with Crippen LogP contribution >= 0.6 is 0 Å². The van der Waals surface area contributed by atoms with Crippen molar-refractivity contribution < 1.29 is 5.11 Å². The van der Waals surface area contributed by atoms with Crippen molar-refractivity contribution in [2.75, 3.05) is 13.2 Å². The van der Waals surface area contributed by atoms with E-state index in [2.05, 4.69) is 74.2 Å². The van der Waals surface area contributed by atoms with E-state index in [0.717, 1.165) is 32.4 Å². The van der Waals surface area contributed by atoms with E-state index in [9.17, 15) is 5.11 Å². The first-order chi connectivity index (χ1) is 12.7. The smallest absolute Gasteiger partial charge is 0.0586 e.